The Balaban J connectivity index is 1.40. The van der Waals surface area contributed by atoms with Gasteiger partial charge in [0.15, 0.2) is 0 Å². The Kier molecular flexibility index (Phi) is 10.7. The van der Waals surface area contributed by atoms with E-state index in [1.54, 1.807) is 0 Å². The molecule has 0 unspecified atom stereocenters. The van der Waals surface area contributed by atoms with Crippen LogP contribution in [0.5, 0.6) is 5.75 Å². The molecule has 1 N–H and O–H groups in total. The third-order valence-corrected chi connectivity index (χ3v) is 3.57. The fraction of sp³-hybridized carbons (Fsp3) is 0.500. The summed E-state index contributed by atoms with van der Waals surface area (Å²) in [6.45, 7) is 4.51. The van der Waals surface area contributed by atoms with E-state index in [0.717, 1.165) is 5.75 Å². The second-order valence-electron chi connectivity index (χ2n) is 5.53. The van der Waals surface area contributed by atoms with Gasteiger partial charge < -0.3 is 28.8 Å². The molecular formula is C20H28O6. The van der Waals surface area contributed by atoms with Gasteiger partial charge in [-0.15, -0.1) is 0 Å². The van der Waals surface area contributed by atoms with Gasteiger partial charge in [0.25, 0.3) is 0 Å². The highest BCUT2D eigenvalue weighted by molar-refractivity contribution is 5.83. The molecule has 2 aromatic carbocycles. The number of hydrogen-bond donors (Lipinski definition) is 1. The molecule has 6 nitrogen and oxygen atoms in total. The summed E-state index contributed by atoms with van der Waals surface area (Å²) in [5.74, 6) is 0.851. The van der Waals surface area contributed by atoms with E-state index in [-0.39, 0.29) is 6.61 Å². The van der Waals surface area contributed by atoms with Crippen LogP contribution in [0.25, 0.3) is 10.8 Å². The molecule has 144 valence electrons. The van der Waals surface area contributed by atoms with Gasteiger partial charge >= 0.3 is 0 Å². The first-order valence-electron chi connectivity index (χ1n) is 8.93. The molecule has 0 amide bonds. The molecule has 0 aliphatic rings. The van der Waals surface area contributed by atoms with Crippen LogP contribution < -0.4 is 4.74 Å². The van der Waals surface area contributed by atoms with Gasteiger partial charge in [-0.1, -0.05) is 30.3 Å². The molecule has 0 aliphatic heterocycles. The highest BCUT2D eigenvalue weighted by Crippen LogP contribution is 2.20. The van der Waals surface area contributed by atoms with Gasteiger partial charge in [-0.2, -0.15) is 0 Å². The maximum atomic E-state index is 8.53. The van der Waals surface area contributed by atoms with Gasteiger partial charge in [0.2, 0.25) is 0 Å². The lowest BCUT2D eigenvalue weighted by atomic mass is 10.1. The number of rotatable bonds is 15. The predicted octanol–water partition coefficient (Wildman–Crippen LogP) is 2.28. The second kappa shape index (κ2) is 13.5. The molecule has 0 saturated carbocycles. The number of fused-ring (bicyclic) bond motifs is 1. The summed E-state index contributed by atoms with van der Waals surface area (Å²) in [6.07, 6.45) is 0. The molecular weight excluding hydrogens is 336 g/mol. The number of ether oxygens (including phenoxy) is 5. The monoisotopic (exact) mass is 364 g/mol. The average Bonchev–Trinajstić information content (AvgIpc) is 2.68. The quantitative estimate of drug-likeness (QED) is 0.489. The Bertz CT molecular complexity index is 604. The molecule has 0 aromatic heterocycles. The normalized spacial score (nSPS) is 11.1. The smallest absolute Gasteiger partial charge is 0.120 e. The predicted molar refractivity (Wildman–Crippen MR) is 99.8 cm³/mol. The van der Waals surface area contributed by atoms with Crippen LogP contribution in [0.15, 0.2) is 42.5 Å². The Morgan fingerprint density at radius 3 is 1.73 bits per heavy atom. The highest BCUT2D eigenvalue weighted by atomic mass is 16.6. The summed E-state index contributed by atoms with van der Waals surface area (Å²) in [4.78, 5) is 0. The average molecular weight is 364 g/mol. The summed E-state index contributed by atoms with van der Waals surface area (Å²) in [5, 5.41) is 10.9. The van der Waals surface area contributed by atoms with Crippen LogP contribution >= 0.6 is 0 Å². The van der Waals surface area contributed by atoms with E-state index < -0.39 is 0 Å². The minimum atomic E-state index is 0.0381. The van der Waals surface area contributed by atoms with Crippen LogP contribution in [-0.2, 0) is 18.9 Å². The largest absolute Gasteiger partial charge is 0.491 e. The van der Waals surface area contributed by atoms with Crippen molar-refractivity contribution in [1.29, 1.82) is 0 Å². The number of benzene rings is 2. The van der Waals surface area contributed by atoms with Crippen molar-refractivity contribution in [3.63, 3.8) is 0 Å². The Morgan fingerprint density at radius 1 is 0.577 bits per heavy atom. The van der Waals surface area contributed by atoms with Crippen molar-refractivity contribution in [2.75, 3.05) is 66.1 Å². The van der Waals surface area contributed by atoms with Gasteiger partial charge in [-0.05, 0) is 22.9 Å². The van der Waals surface area contributed by atoms with Crippen molar-refractivity contribution < 1.29 is 28.8 Å². The SMILES string of the molecule is OCCOCCOCCOCCOCCOc1ccc2ccccc2c1. The van der Waals surface area contributed by atoms with E-state index in [4.69, 9.17) is 28.8 Å². The number of aliphatic hydroxyl groups is 1. The number of aliphatic hydroxyl groups excluding tert-OH is 1. The summed E-state index contributed by atoms with van der Waals surface area (Å²) in [7, 11) is 0. The Labute approximate surface area is 154 Å². The zero-order valence-electron chi connectivity index (χ0n) is 15.1. The van der Waals surface area contributed by atoms with Crippen molar-refractivity contribution in [3.05, 3.63) is 42.5 Å². The molecule has 0 radical (unpaired) electrons. The molecule has 0 aliphatic carbocycles. The van der Waals surface area contributed by atoms with E-state index in [0.29, 0.717) is 59.5 Å². The van der Waals surface area contributed by atoms with Crippen LogP contribution in [-0.4, -0.2) is 71.2 Å². The molecule has 2 rings (SSSR count). The first kappa shape index (κ1) is 20.6. The second-order valence-corrected chi connectivity index (χ2v) is 5.53. The van der Waals surface area contributed by atoms with E-state index in [9.17, 15) is 0 Å². The van der Waals surface area contributed by atoms with Crippen molar-refractivity contribution in [2.24, 2.45) is 0 Å². The summed E-state index contributed by atoms with van der Waals surface area (Å²) in [5.41, 5.74) is 0. The molecule has 0 bridgehead atoms. The molecule has 0 spiro atoms. The van der Waals surface area contributed by atoms with Crippen LogP contribution in [0.1, 0.15) is 0 Å². The lowest BCUT2D eigenvalue weighted by Crippen LogP contribution is -2.14. The van der Waals surface area contributed by atoms with Crippen molar-refractivity contribution >= 4 is 10.8 Å². The molecule has 26 heavy (non-hydrogen) atoms. The van der Waals surface area contributed by atoms with E-state index in [1.807, 2.05) is 24.3 Å². The first-order valence-corrected chi connectivity index (χ1v) is 8.93. The maximum Gasteiger partial charge on any atom is 0.120 e. The van der Waals surface area contributed by atoms with Gasteiger partial charge in [-0.3, -0.25) is 0 Å². The first-order chi connectivity index (χ1) is 12.9. The molecule has 0 fully saturated rings. The van der Waals surface area contributed by atoms with Crippen LogP contribution in [0, 0.1) is 0 Å². The third-order valence-electron chi connectivity index (χ3n) is 3.57. The molecule has 2 aromatic rings. The molecule has 0 heterocycles. The zero-order chi connectivity index (χ0) is 18.3. The lowest BCUT2D eigenvalue weighted by molar-refractivity contribution is -0.00779. The van der Waals surface area contributed by atoms with Crippen molar-refractivity contribution in [3.8, 4) is 5.75 Å². The fourth-order valence-corrected chi connectivity index (χ4v) is 2.30. The standard InChI is InChI=1S/C20H28O6/c21-7-8-22-9-10-23-11-12-24-13-14-25-15-16-26-20-6-5-18-3-1-2-4-19(18)17-20/h1-6,17,21H,7-16H2. The minimum Gasteiger partial charge on any atom is -0.491 e. The summed E-state index contributed by atoms with van der Waals surface area (Å²) in [6, 6.07) is 14.3. The Morgan fingerprint density at radius 2 is 1.12 bits per heavy atom. The number of hydrogen-bond acceptors (Lipinski definition) is 6. The van der Waals surface area contributed by atoms with Gasteiger partial charge in [0.05, 0.1) is 59.5 Å². The van der Waals surface area contributed by atoms with E-state index >= 15 is 0 Å². The molecule has 0 atom stereocenters. The topological polar surface area (TPSA) is 66.4 Å². The summed E-state index contributed by atoms with van der Waals surface area (Å²) < 4.78 is 27.0. The van der Waals surface area contributed by atoms with E-state index in [1.165, 1.54) is 10.8 Å². The van der Waals surface area contributed by atoms with Crippen LogP contribution in [0.3, 0.4) is 0 Å². The van der Waals surface area contributed by atoms with Crippen LogP contribution in [0.2, 0.25) is 0 Å². The molecule has 6 heteroatoms. The fourth-order valence-electron chi connectivity index (χ4n) is 2.30. The molecule has 0 saturated heterocycles. The van der Waals surface area contributed by atoms with Gasteiger partial charge in [0.1, 0.15) is 12.4 Å². The minimum absolute atomic E-state index is 0.0381. The van der Waals surface area contributed by atoms with Crippen molar-refractivity contribution in [1.82, 2.24) is 0 Å². The summed E-state index contributed by atoms with van der Waals surface area (Å²) >= 11 is 0. The van der Waals surface area contributed by atoms with Gasteiger partial charge in [-0.25, -0.2) is 0 Å². The maximum absolute atomic E-state index is 8.53. The highest BCUT2D eigenvalue weighted by Gasteiger charge is 1.97. The third kappa shape index (κ3) is 8.60. The van der Waals surface area contributed by atoms with Gasteiger partial charge in [0, 0.05) is 0 Å². The lowest BCUT2D eigenvalue weighted by Gasteiger charge is -2.09. The van der Waals surface area contributed by atoms with Crippen LogP contribution in [0.4, 0.5) is 0 Å². The van der Waals surface area contributed by atoms with E-state index in [2.05, 4.69) is 18.2 Å². The van der Waals surface area contributed by atoms with Crippen molar-refractivity contribution in [2.45, 2.75) is 0 Å². The zero-order valence-corrected chi connectivity index (χ0v) is 15.1. The Hall–Kier alpha value is -1.70.